The molecule has 0 aromatic rings. The Morgan fingerprint density at radius 1 is 1.00 bits per heavy atom. The van der Waals surface area contributed by atoms with Gasteiger partial charge in [-0.1, -0.05) is 18.2 Å². The first-order valence-corrected chi connectivity index (χ1v) is 2.72. The summed E-state index contributed by atoms with van der Waals surface area (Å²) in [5.74, 6) is 0. The van der Waals surface area contributed by atoms with Gasteiger partial charge in [0.2, 0.25) is 0 Å². The maximum absolute atomic E-state index is 12.0. The molecule has 0 amide bonds. The fraction of sp³-hybridized carbons (Fsp3) is 0.333. The van der Waals surface area contributed by atoms with Gasteiger partial charge in [-0.15, -0.1) is 0 Å². The SMILES string of the molecule is C=CC(F)OOOC(F)C=C. The molecule has 64 valence electrons. The molecule has 0 bridgehead atoms. The second kappa shape index (κ2) is 5.96. The van der Waals surface area contributed by atoms with Crippen molar-refractivity contribution < 1.29 is 23.6 Å². The highest BCUT2D eigenvalue weighted by atomic mass is 19.2. The smallest absolute Gasteiger partial charge is 0.208 e. The fourth-order valence-corrected chi connectivity index (χ4v) is 0.176. The van der Waals surface area contributed by atoms with Gasteiger partial charge in [-0.25, -0.2) is 8.78 Å². The Bertz CT molecular complexity index is 115. The Hall–Kier alpha value is -0.780. The molecule has 0 saturated carbocycles. The number of halogens is 2. The molecular formula is C6H8F2O3. The molecule has 0 aromatic carbocycles. The lowest BCUT2D eigenvalue weighted by Crippen LogP contribution is -2.08. The molecule has 0 aromatic heterocycles. The van der Waals surface area contributed by atoms with Crippen LogP contribution in [0, 0.1) is 0 Å². The van der Waals surface area contributed by atoms with Crippen molar-refractivity contribution in [3.8, 4) is 0 Å². The van der Waals surface area contributed by atoms with Crippen LogP contribution in [0.4, 0.5) is 8.78 Å². The van der Waals surface area contributed by atoms with E-state index in [9.17, 15) is 8.78 Å². The van der Waals surface area contributed by atoms with Crippen LogP contribution in [0.3, 0.4) is 0 Å². The van der Waals surface area contributed by atoms with Crippen LogP contribution in [-0.2, 0) is 14.8 Å². The molecule has 3 nitrogen and oxygen atoms in total. The van der Waals surface area contributed by atoms with E-state index in [1.54, 1.807) is 0 Å². The zero-order valence-electron chi connectivity index (χ0n) is 5.70. The van der Waals surface area contributed by atoms with Gasteiger partial charge in [0.1, 0.15) is 0 Å². The van der Waals surface area contributed by atoms with Gasteiger partial charge in [-0.3, -0.25) is 0 Å². The second-order valence-electron chi connectivity index (χ2n) is 1.43. The van der Waals surface area contributed by atoms with Crippen LogP contribution >= 0.6 is 0 Å². The van der Waals surface area contributed by atoms with E-state index in [0.29, 0.717) is 0 Å². The molecule has 2 atom stereocenters. The van der Waals surface area contributed by atoms with Gasteiger partial charge in [0.25, 0.3) is 12.7 Å². The van der Waals surface area contributed by atoms with E-state index in [0.717, 1.165) is 12.2 Å². The number of hydrogen-bond donors (Lipinski definition) is 0. The van der Waals surface area contributed by atoms with Crippen molar-refractivity contribution in [3.05, 3.63) is 25.3 Å². The van der Waals surface area contributed by atoms with Crippen molar-refractivity contribution in [3.63, 3.8) is 0 Å². The predicted molar refractivity (Wildman–Crippen MR) is 33.4 cm³/mol. The lowest BCUT2D eigenvalue weighted by Gasteiger charge is -2.03. The van der Waals surface area contributed by atoms with Gasteiger partial charge >= 0.3 is 0 Å². The van der Waals surface area contributed by atoms with Crippen molar-refractivity contribution >= 4 is 0 Å². The van der Waals surface area contributed by atoms with Crippen molar-refractivity contribution in [1.29, 1.82) is 0 Å². The molecule has 0 radical (unpaired) electrons. The summed E-state index contributed by atoms with van der Waals surface area (Å²) in [6, 6.07) is 0. The molecule has 0 aliphatic heterocycles. The maximum atomic E-state index is 12.0. The quantitative estimate of drug-likeness (QED) is 0.342. The number of alkyl halides is 2. The van der Waals surface area contributed by atoms with Crippen molar-refractivity contribution in [2.24, 2.45) is 0 Å². The fourth-order valence-electron chi connectivity index (χ4n) is 0.176. The second-order valence-corrected chi connectivity index (χ2v) is 1.43. The molecule has 0 heterocycles. The molecule has 0 fully saturated rings. The summed E-state index contributed by atoms with van der Waals surface area (Å²) in [6.45, 7) is 6.06. The Kier molecular flexibility index (Phi) is 5.54. The molecule has 0 aliphatic carbocycles. The van der Waals surface area contributed by atoms with E-state index in [2.05, 4.69) is 28.0 Å². The van der Waals surface area contributed by atoms with E-state index in [-0.39, 0.29) is 0 Å². The topological polar surface area (TPSA) is 27.7 Å². The molecule has 0 saturated heterocycles. The van der Waals surface area contributed by atoms with Crippen LogP contribution in [-0.4, -0.2) is 12.7 Å². The lowest BCUT2D eigenvalue weighted by atomic mass is 10.7. The predicted octanol–water partition coefficient (Wildman–Crippen LogP) is 1.83. The summed E-state index contributed by atoms with van der Waals surface area (Å²) in [5, 5.41) is 3.65. The zero-order valence-corrected chi connectivity index (χ0v) is 5.70. The van der Waals surface area contributed by atoms with Crippen LogP contribution < -0.4 is 0 Å². The summed E-state index contributed by atoms with van der Waals surface area (Å²) in [7, 11) is 0. The van der Waals surface area contributed by atoms with Crippen molar-refractivity contribution in [1.82, 2.24) is 0 Å². The first-order valence-electron chi connectivity index (χ1n) is 2.72. The normalized spacial score (nSPS) is 15.5. The Balaban J connectivity index is 3.26. The molecule has 0 spiro atoms. The highest BCUT2D eigenvalue weighted by molar-refractivity contribution is 4.69. The number of hydrogen-bond acceptors (Lipinski definition) is 3. The minimum atomic E-state index is -1.84. The van der Waals surface area contributed by atoms with Crippen LogP contribution in [0.2, 0.25) is 0 Å². The van der Waals surface area contributed by atoms with Gasteiger partial charge in [-0.05, 0) is 12.2 Å². The summed E-state index contributed by atoms with van der Waals surface area (Å²) in [4.78, 5) is 7.54. The minimum Gasteiger partial charge on any atom is -0.208 e. The van der Waals surface area contributed by atoms with Gasteiger partial charge in [0.15, 0.2) is 0 Å². The lowest BCUT2D eigenvalue weighted by molar-refractivity contribution is -0.550. The summed E-state index contributed by atoms with van der Waals surface area (Å²) < 4.78 is 24.0. The standard InChI is InChI=1S/C6H8F2O3/c1-3-5(7)9-11-10-6(8)4-2/h3-6H,1-2H2. The third-order valence-corrected chi connectivity index (χ3v) is 0.633. The monoisotopic (exact) mass is 166 g/mol. The molecule has 2 unspecified atom stereocenters. The molecule has 0 aliphatic rings. The third-order valence-electron chi connectivity index (χ3n) is 0.633. The summed E-state index contributed by atoms with van der Waals surface area (Å²) in [5.41, 5.74) is 0. The van der Waals surface area contributed by atoms with E-state index in [1.165, 1.54) is 0 Å². The average Bonchev–Trinajstić information content (AvgIpc) is 2.04. The molecule has 0 N–H and O–H groups in total. The van der Waals surface area contributed by atoms with E-state index >= 15 is 0 Å². The largest absolute Gasteiger partial charge is 0.252 e. The third kappa shape index (κ3) is 5.65. The highest BCUT2D eigenvalue weighted by Crippen LogP contribution is 2.00. The van der Waals surface area contributed by atoms with E-state index < -0.39 is 12.7 Å². The minimum absolute atomic E-state index is 0.810. The summed E-state index contributed by atoms with van der Waals surface area (Å²) in [6.07, 6.45) is -2.06. The molecule has 0 rings (SSSR count). The van der Waals surface area contributed by atoms with Gasteiger partial charge in [0, 0.05) is 0 Å². The molecule has 5 heteroatoms. The average molecular weight is 166 g/mol. The highest BCUT2D eigenvalue weighted by Gasteiger charge is 2.05. The van der Waals surface area contributed by atoms with Crippen molar-refractivity contribution in [2.45, 2.75) is 12.7 Å². The first kappa shape index (κ1) is 10.2. The van der Waals surface area contributed by atoms with Crippen molar-refractivity contribution in [2.75, 3.05) is 0 Å². The van der Waals surface area contributed by atoms with Gasteiger partial charge in [0.05, 0.1) is 0 Å². The van der Waals surface area contributed by atoms with Crippen LogP contribution in [0.15, 0.2) is 25.3 Å². The Morgan fingerprint density at radius 3 is 1.64 bits per heavy atom. The summed E-state index contributed by atoms with van der Waals surface area (Å²) >= 11 is 0. The molecular weight excluding hydrogens is 158 g/mol. The number of rotatable bonds is 6. The molecule has 11 heavy (non-hydrogen) atoms. The zero-order chi connectivity index (χ0) is 8.69. The van der Waals surface area contributed by atoms with Gasteiger partial charge in [-0.2, -0.15) is 9.78 Å². The van der Waals surface area contributed by atoms with Crippen LogP contribution in [0.1, 0.15) is 0 Å². The Labute approximate surface area is 62.7 Å². The Morgan fingerprint density at radius 2 is 1.36 bits per heavy atom. The van der Waals surface area contributed by atoms with E-state index in [4.69, 9.17) is 0 Å². The maximum Gasteiger partial charge on any atom is 0.252 e. The van der Waals surface area contributed by atoms with Gasteiger partial charge < -0.3 is 0 Å². The first-order chi connectivity index (χ1) is 5.20. The van der Waals surface area contributed by atoms with Crippen LogP contribution in [0.5, 0.6) is 0 Å². The van der Waals surface area contributed by atoms with E-state index in [1.807, 2.05) is 0 Å². The van der Waals surface area contributed by atoms with Crippen LogP contribution in [0.25, 0.3) is 0 Å².